The van der Waals surface area contributed by atoms with E-state index in [1.807, 2.05) is 0 Å². The summed E-state index contributed by atoms with van der Waals surface area (Å²) in [4.78, 5) is 0. The van der Waals surface area contributed by atoms with E-state index in [2.05, 4.69) is 84.9 Å². The highest BCUT2D eigenvalue weighted by Crippen LogP contribution is 2.51. The molecular formula is C14H29IO. The molecule has 0 atom stereocenters. The van der Waals surface area contributed by atoms with E-state index in [1.165, 1.54) is 0 Å². The first-order valence-electron chi connectivity index (χ1n) is 6.04. The fourth-order valence-corrected chi connectivity index (χ4v) is 2.11. The molecule has 16 heavy (non-hydrogen) atoms. The molecule has 0 N–H and O–H groups in total. The summed E-state index contributed by atoms with van der Waals surface area (Å²) in [5.41, 5.74) is 0.319. The monoisotopic (exact) mass is 340 g/mol. The van der Waals surface area contributed by atoms with E-state index in [9.17, 15) is 0 Å². The smallest absolute Gasteiger partial charge is 0.0598 e. The molecule has 0 spiro atoms. The predicted octanol–water partition coefficient (Wildman–Crippen LogP) is 5.07. The average Bonchev–Trinajstić information content (AvgIpc) is 1.97. The van der Waals surface area contributed by atoms with E-state index in [0.29, 0.717) is 0 Å². The first-order valence-corrected chi connectivity index (χ1v) is 7.11. The minimum atomic E-state index is -0.0528. The van der Waals surface area contributed by atoms with Crippen LogP contribution in [0.1, 0.15) is 62.3 Å². The highest BCUT2D eigenvalue weighted by Gasteiger charge is 2.47. The van der Waals surface area contributed by atoms with Gasteiger partial charge in [0.2, 0.25) is 0 Å². The van der Waals surface area contributed by atoms with Crippen LogP contribution in [0.3, 0.4) is 0 Å². The Balaban J connectivity index is 4.79. The summed E-state index contributed by atoms with van der Waals surface area (Å²) >= 11 is 2.55. The Morgan fingerprint density at radius 2 is 1.19 bits per heavy atom. The summed E-state index contributed by atoms with van der Waals surface area (Å²) in [7, 11) is 0. The van der Waals surface area contributed by atoms with Gasteiger partial charge >= 0.3 is 0 Å². The van der Waals surface area contributed by atoms with Gasteiger partial charge in [0.25, 0.3) is 0 Å². The molecule has 1 nitrogen and oxygen atoms in total. The molecular weight excluding hydrogens is 311 g/mol. The van der Waals surface area contributed by atoms with E-state index in [0.717, 1.165) is 6.61 Å². The Hall–Kier alpha value is 0.690. The maximum atomic E-state index is 5.97. The molecule has 0 radical (unpaired) electrons. The zero-order valence-corrected chi connectivity index (χ0v) is 14.7. The Morgan fingerprint density at radius 3 is 1.44 bits per heavy atom. The first kappa shape index (κ1) is 16.7. The average molecular weight is 340 g/mol. The molecule has 2 heteroatoms. The van der Waals surface area contributed by atoms with Gasteiger partial charge in [-0.15, -0.1) is 0 Å². The van der Waals surface area contributed by atoms with Gasteiger partial charge in [-0.05, 0) is 31.6 Å². The minimum absolute atomic E-state index is 0.0528. The van der Waals surface area contributed by atoms with Crippen LogP contribution < -0.4 is 0 Å². The fraction of sp³-hybridized carbons (Fsp3) is 1.00. The fourth-order valence-electron chi connectivity index (χ4n) is 1.38. The van der Waals surface area contributed by atoms with E-state index in [4.69, 9.17) is 4.74 Å². The van der Waals surface area contributed by atoms with Gasteiger partial charge < -0.3 is 4.74 Å². The molecule has 0 aliphatic heterocycles. The third-order valence-electron chi connectivity index (χ3n) is 4.04. The number of hydrogen-bond acceptors (Lipinski definition) is 1. The maximum absolute atomic E-state index is 5.97. The molecule has 0 unspecified atom stereocenters. The number of hydrogen-bond donors (Lipinski definition) is 0. The van der Waals surface area contributed by atoms with Crippen LogP contribution in [-0.2, 0) is 4.74 Å². The Labute approximate surface area is 116 Å². The maximum Gasteiger partial charge on any atom is 0.0598 e. The summed E-state index contributed by atoms with van der Waals surface area (Å²) in [6.45, 7) is 21.0. The summed E-state index contributed by atoms with van der Waals surface area (Å²) in [5.74, 6) is 0. The second kappa shape index (κ2) is 4.75. The number of ether oxygens (including phenoxy) is 1. The van der Waals surface area contributed by atoms with Crippen molar-refractivity contribution in [3.63, 3.8) is 0 Å². The first-order chi connectivity index (χ1) is 6.71. The van der Waals surface area contributed by atoms with Crippen LogP contribution in [0.2, 0.25) is 0 Å². The second-order valence-electron chi connectivity index (χ2n) is 7.38. The Morgan fingerprint density at radius 1 is 0.812 bits per heavy atom. The molecule has 0 saturated carbocycles. The molecule has 0 rings (SSSR count). The number of alkyl halides is 1. The number of rotatable bonds is 4. The lowest BCUT2D eigenvalue weighted by Crippen LogP contribution is -2.48. The molecule has 0 aliphatic rings. The molecule has 0 heterocycles. The predicted molar refractivity (Wildman–Crippen MR) is 81.4 cm³/mol. The van der Waals surface area contributed by atoms with Crippen molar-refractivity contribution < 1.29 is 4.74 Å². The quantitative estimate of drug-likeness (QED) is 0.513. The largest absolute Gasteiger partial charge is 0.375 e. The second-order valence-corrected chi connectivity index (χ2v) is 10.1. The summed E-state index contributed by atoms with van der Waals surface area (Å²) in [6, 6.07) is 0. The van der Waals surface area contributed by atoms with Crippen molar-refractivity contribution in [1.82, 2.24) is 0 Å². The molecule has 0 aromatic rings. The van der Waals surface area contributed by atoms with E-state index in [1.54, 1.807) is 0 Å². The van der Waals surface area contributed by atoms with Crippen LogP contribution in [0.4, 0.5) is 0 Å². The van der Waals surface area contributed by atoms with Gasteiger partial charge in [0.15, 0.2) is 0 Å². The van der Waals surface area contributed by atoms with Gasteiger partial charge in [0.1, 0.15) is 0 Å². The van der Waals surface area contributed by atoms with Crippen LogP contribution >= 0.6 is 22.6 Å². The van der Waals surface area contributed by atoms with Crippen molar-refractivity contribution in [1.29, 1.82) is 0 Å². The van der Waals surface area contributed by atoms with Gasteiger partial charge in [-0.3, -0.25) is 0 Å². The van der Waals surface area contributed by atoms with Gasteiger partial charge in [-0.1, -0.05) is 64.1 Å². The molecule has 0 aromatic carbocycles. The standard InChI is InChI=1S/C14H29IO/c1-11(2,3)16-10-12(4,5)13(6,7)14(8,9)15/h10H2,1-9H3. The zero-order chi connectivity index (χ0) is 13.4. The van der Waals surface area contributed by atoms with Crippen LogP contribution in [0, 0.1) is 10.8 Å². The third-order valence-corrected chi connectivity index (χ3v) is 5.39. The van der Waals surface area contributed by atoms with Crippen LogP contribution in [-0.4, -0.2) is 15.6 Å². The normalized spacial score (nSPS) is 15.4. The van der Waals surface area contributed by atoms with E-state index in [-0.39, 0.29) is 19.9 Å². The molecule has 0 bridgehead atoms. The third kappa shape index (κ3) is 4.17. The molecule has 0 aromatic heterocycles. The summed E-state index contributed by atoms with van der Waals surface area (Å²) < 4.78 is 6.22. The lowest BCUT2D eigenvalue weighted by Gasteiger charge is -2.50. The van der Waals surface area contributed by atoms with Crippen LogP contribution in [0.25, 0.3) is 0 Å². The van der Waals surface area contributed by atoms with Crippen molar-refractivity contribution in [3.05, 3.63) is 0 Å². The topological polar surface area (TPSA) is 9.23 Å². The molecule has 0 fully saturated rings. The Kier molecular flexibility index (Phi) is 4.96. The van der Waals surface area contributed by atoms with E-state index < -0.39 is 0 Å². The lowest BCUT2D eigenvalue weighted by atomic mass is 9.62. The minimum Gasteiger partial charge on any atom is -0.375 e. The molecule has 98 valence electrons. The van der Waals surface area contributed by atoms with E-state index >= 15 is 0 Å². The van der Waals surface area contributed by atoms with Crippen molar-refractivity contribution in [2.75, 3.05) is 6.61 Å². The van der Waals surface area contributed by atoms with Crippen molar-refractivity contribution >= 4 is 22.6 Å². The van der Waals surface area contributed by atoms with Crippen LogP contribution in [0.5, 0.6) is 0 Å². The lowest BCUT2D eigenvalue weighted by molar-refractivity contribution is -0.0831. The highest BCUT2D eigenvalue weighted by atomic mass is 127. The van der Waals surface area contributed by atoms with Gasteiger partial charge in [-0.25, -0.2) is 0 Å². The van der Waals surface area contributed by atoms with Crippen molar-refractivity contribution in [2.24, 2.45) is 10.8 Å². The zero-order valence-electron chi connectivity index (χ0n) is 12.5. The van der Waals surface area contributed by atoms with Crippen LogP contribution in [0.15, 0.2) is 0 Å². The van der Waals surface area contributed by atoms with Crippen molar-refractivity contribution in [3.8, 4) is 0 Å². The van der Waals surface area contributed by atoms with Gasteiger partial charge in [0, 0.05) is 3.42 Å². The number of halogens is 1. The Bertz CT molecular complexity index is 228. The highest BCUT2D eigenvalue weighted by molar-refractivity contribution is 14.1. The summed E-state index contributed by atoms with van der Waals surface area (Å²) in [6.07, 6.45) is 0. The molecule has 0 amide bonds. The van der Waals surface area contributed by atoms with Gasteiger partial charge in [0.05, 0.1) is 12.2 Å². The molecule has 0 aliphatic carbocycles. The van der Waals surface area contributed by atoms with Crippen molar-refractivity contribution in [2.45, 2.75) is 71.3 Å². The molecule has 0 saturated heterocycles. The summed E-state index contributed by atoms with van der Waals surface area (Å²) in [5, 5.41) is 0. The van der Waals surface area contributed by atoms with Gasteiger partial charge in [-0.2, -0.15) is 0 Å². The SMILES string of the molecule is CC(C)(C)OCC(C)(C)C(C)(C)C(C)(C)I.